The van der Waals surface area contributed by atoms with Crippen LogP contribution in [0, 0.1) is 0 Å². The van der Waals surface area contributed by atoms with Gasteiger partial charge < -0.3 is 30.0 Å². The lowest BCUT2D eigenvalue weighted by Gasteiger charge is -2.34. The van der Waals surface area contributed by atoms with Crippen molar-refractivity contribution in [3.8, 4) is 22.9 Å². The molecule has 4 aromatic rings. The number of benzene rings is 2. The van der Waals surface area contributed by atoms with Gasteiger partial charge in [-0.1, -0.05) is 36.4 Å². The van der Waals surface area contributed by atoms with Crippen molar-refractivity contribution in [1.82, 2.24) is 30.1 Å². The van der Waals surface area contributed by atoms with Crippen LogP contribution in [0.4, 0.5) is 5.82 Å². The molecule has 42 heavy (non-hydrogen) atoms. The second-order valence-corrected chi connectivity index (χ2v) is 10.5. The Kier molecular flexibility index (Phi) is 8.18. The average molecular weight is 570 g/mol. The molecule has 11 heteroatoms. The van der Waals surface area contributed by atoms with Crippen molar-refractivity contribution < 1.29 is 19.1 Å². The molecule has 0 spiro atoms. The third-order valence-corrected chi connectivity index (χ3v) is 7.58. The van der Waals surface area contributed by atoms with Gasteiger partial charge in [-0.25, -0.2) is 9.97 Å². The number of hydrogen-bond acceptors (Lipinski definition) is 8. The summed E-state index contributed by atoms with van der Waals surface area (Å²) >= 11 is 0. The van der Waals surface area contributed by atoms with Gasteiger partial charge >= 0.3 is 0 Å². The number of H-pyrrole nitrogens is 1. The number of anilines is 1. The summed E-state index contributed by atoms with van der Waals surface area (Å²) in [7, 11) is 0. The molecule has 1 saturated heterocycles. The molecule has 3 N–H and O–H groups in total. The molecule has 2 aromatic heterocycles. The number of carbonyl (C=O) groups excluding carboxylic acids is 2. The van der Waals surface area contributed by atoms with Gasteiger partial charge in [0, 0.05) is 51.8 Å². The number of rotatable bonds is 10. The van der Waals surface area contributed by atoms with E-state index in [0.29, 0.717) is 56.0 Å². The van der Waals surface area contributed by atoms with Crippen molar-refractivity contribution in [2.24, 2.45) is 0 Å². The van der Waals surface area contributed by atoms with E-state index in [0.717, 1.165) is 54.9 Å². The number of carbonyl (C=O) groups is 2. The van der Waals surface area contributed by atoms with Crippen LogP contribution in [0.15, 0.2) is 54.6 Å². The molecule has 218 valence electrons. The summed E-state index contributed by atoms with van der Waals surface area (Å²) in [6, 6.07) is 17.7. The van der Waals surface area contributed by atoms with Crippen molar-refractivity contribution in [3.05, 3.63) is 65.9 Å². The molecule has 6 rings (SSSR count). The highest BCUT2D eigenvalue weighted by Crippen LogP contribution is 2.33. The molecule has 2 amide bonds. The fourth-order valence-electron chi connectivity index (χ4n) is 5.34. The van der Waals surface area contributed by atoms with Gasteiger partial charge in [0.15, 0.2) is 17.3 Å². The van der Waals surface area contributed by atoms with Gasteiger partial charge in [0.2, 0.25) is 12.7 Å². The molecule has 0 saturated carbocycles. The lowest BCUT2D eigenvalue weighted by Crippen LogP contribution is -2.49. The van der Waals surface area contributed by atoms with Crippen molar-refractivity contribution in [3.63, 3.8) is 0 Å². The van der Waals surface area contributed by atoms with Crippen molar-refractivity contribution in [2.75, 3.05) is 57.9 Å². The maximum Gasteiger partial charge on any atom is 0.270 e. The molecule has 2 aliphatic heterocycles. The first-order valence-corrected chi connectivity index (χ1v) is 14.4. The number of fused-ring (bicyclic) bond motifs is 2. The highest BCUT2D eigenvalue weighted by atomic mass is 16.7. The summed E-state index contributed by atoms with van der Waals surface area (Å²) in [6.45, 7) is 6.71. The molecule has 2 aliphatic rings. The van der Waals surface area contributed by atoms with E-state index >= 15 is 0 Å². The Hall–Kier alpha value is -4.64. The third kappa shape index (κ3) is 6.31. The topological polar surface area (TPSA) is 125 Å². The number of aromatic nitrogens is 3. The zero-order chi connectivity index (χ0) is 28.9. The fourth-order valence-corrected chi connectivity index (χ4v) is 5.34. The van der Waals surface area contributed by atoms with Crippen LogP contribution < -0.4 is 20.1 Å². The predicted molar refractivity (Wildman–Crippen MR) is 160 cm³/mol. The summed E-state index contributed by atoms with van der Waals surface area (Å²) in [5.74, 6) is 2.68. The second-order valence-electron chi connectivity index (χ2n) is 10.5. The molecule has 4 heterocycles. The smallest absolute Gasteiger partial charge is 0.270 e. The highest BCUT2D eigenvalue weighted by Gasteiger charge is 2.24. The molecule has 0 atom stereocenters. The summed E-state index contributed by atoms with van der Waals surface area (Å²) in [5, 5.41) is 6.83. The minimum Gasteiger partial charge on any atom is -0.454 e. The Bertz CT molecular complexity index is 1560. The van der Waals surface area contributed by atoms with E-state index in [2.05, 4.69) is 32.7 Å². The maximum atomic E-state index is 13.5. The summed E-state index contributed by atoms with van der Waals surface area (Å²) in [6.07, 6.45) is 2.01. The number of amides is 2. The number of hydrogen-bond donors (Lipinski definition) is 3. The van der Waals surface area contributed by atoms with E-state index in [4.69, 9.17) is 19.4 Å². The molecule has 0 bridgehead atoms. The van der Waals surface area contributed by atoms with Crippen LogP contribution >= 0.6 is 0 Å². The first kappa shape index (κ1) is 27.5. The Morgan fingerprint density at radius 1 is 0.952 bits per heavy atom. The summed E-state index contributed by atoms with van der Waals surface area (Å²) in [4.78, 5) is 41.8. The Morgan fingerprint density at radius 2 is 1.76 bits per heavy atom. The number of aryl methyl sites for hydroxylation is 1. The van der Waals surface area contributed by atoms with Gasteiger partial charge in [-0.3, -0.25) is 14.5 Å². The highest BCUT2D eigenvalue weighted by molar-refractivity contribution is 6.00. The monoisotopic (exact) mass is 569 g/mol. The Labute approximate surface area is 244 Å². The largest absolute Gasteiger partial charge is 0.454 e. The average Bonchev–Trinajstić information content (AvgIpc) is 3.67. The predicted octanol–water partition coefficient (Wildman–Crippen LogP) is 3.29. The Morgan fingerprint density at radius 3 is 2.57 bits per heavy atom. The van der Waals surface area contributed by atoms with E-state index in [9.17, 15) is 9.59 Å². The van der Waals surface area contributed by atoms with Crippen LogP contribution in [0.25, 0.3) is 22.4 Å². The normalized spacial score (nSPS) is 14.7. The number of aromatic amines is 1. The zero-order valence-electron chi connectivity index (χ0n) is 23.7. The minimum absolute atomic E-state index is 0.0431. The van der Waals surface area contributed by atoms with Gasteiger partial charge in [-0.2, -0.15) is 0 Å². The molecule has 1 fully saturated rings. The van der Waals surface area contributed by atoms with Crippen LogP contribution in [0.1, 0.15) is 29.4 Å². The lowest BCUT2D eigenvalue weighted by atomic mass is 10.1. The van der Waals surface area contributed by atoms with Crippen LogP contribution in [-0.4, -0.2) is 89.2 Å². The third-order valence-electron chi connectivity index (χ3n) is 7.58. The Balaban J connectivity index is 1.08. The van der Waals surface area contributed by atoms with Gasteiger partial charge in [-0.15, -0.1) is 0 Å². The molecule has 2 aromatic carbocycles. The van der Waals surface area contributed by atoms with Crippen LogP contribution in [-0.2, 0) is 11.2 Å². The van der Waals surface area contributed by atoms with Gasteiger partial charge in [0.1, 0.15) is 17.2 Å². The minimum atomic E-state index is -0.0889. The van der Waals surface area contributed by atoms with Gasteiger partial charge in [0.05, 0.1) is 5.39 Å². The molecule has 11 nitrogen and oxygen atoms in total. The van der Waals surface area contributed by atoms with Crippen molar-refractivity contribution >= 4 is 28.7 Å². The second kappa shape index (κ2) is 12.5. The number of piperazine rings is 1. The van der Waals surface area contributed by atoms with E-state index in [-0.39, 0.29) is 11.8 Å². The van der Waals surface area contributed by atoms with Gasteiger partial charge in [-0.05, 0) is 43.1 Å². The molecule has 0 aliphatic carbocycles. The summed E-state index contributed by atoms with van der Waals surface area (Å²) in [5.41, 5.74) is 3.21. The van der Waals surface area contributed by atoms with Crippen LogP contribution in [0.5, 0.6) is 11.5 Å². The van der Waals surface area contributed by atoms with E-state index in [1.54, 1.807) is 0 Å². The fraction of sp³-hybridized carbons (Fsp3) is 0.355. The standard InChI is InChI=1S/C31H35N7O4/c1-21(39)32-11-12-33-29-24-19-25(34-30(24)36-28(35-29)23-7-3-2-4-8-23)31(40)38-16-14-37(15-17-38)13-5-6-22-9-10-26-27(18-22)42-20-41-26/h2-4,7-10,18-19H,5-6,11-17,20H2,1H3,(H,32,39)(H2,33,34,35,36). The SMILES string of the molecule is CC(=O)NCCNc1nc(-c2ccccc2)nc2[nH]c(C(=O)N3CCN(CCCc4ccc5c(c4)OCO5)CC3)cc12. The van der Waals surface area contributed by atoms with E-state index in [1.807, 2.05) is 47.4 Å². The van der Waals surface area contributed by atoms with E-state index < -0.39 is 0 Å². The first-order chi connectivity index (χ1) is 20.5. The number of nitrogens with one attached hydrogen (secondary N) is 3. The van der Waals surface area contributed by atoms with Crippen molar-refractivity contribution in [1.29, 1.82) is 0 Å². The summed E-state index contributed by atoms with van der Waals surface area (Å²) < 4.78 is 10.9. The van der Waals surface area contributed by atoms with Crippen LogP contribution in [0.2, 0.25) is 0 Å². The lowest BCUT2D eigenvalue weighted by molar-refractivity contribution is -0.118. The number of ether oxygens (including phenoxy) is 2. The molecular formula is C31H35N7O4. The number of nitrogens with zero attached hydrogens (tertiary/aromatic N) is 4. The van der Waals surface area contributed by atoms with Crippen molar-refractivity contribution in [2.45, 2.75) is 19.8 Å². The first-order valence-electron chi connectivity index (χ1n) is 14.4. The quantitative estimate of drug-likeness (QED) is 0.249. The van der Waals surface area contributed by atoms with Crippen LogP contribution in [0.3, 0.4) is 0 Å². The maximum absolute atomic E-state index is 13.5. The van der Waals surface area contributed by atoms with Gasteiger partial charge in [0.25, 0.3) is 5.91 Å². The zero-order valence-corrected chi connectivity index (χ0v) is 23.7. The molecule has 0 radical (unpaired) electrons. The molecule has 0 unspecified atom stereocenters. The van der Waals surface area contributed by atoms with E-state index in [1.165, 1.54) is 12.5 Å². The molecular weight excluding hydrogens is 534 g/mol.